The topological polar surface area (TPSA) is 49.3 Å². The Hall–Kier alpha value is -1.06. The number of hydrogen-bond acceptors (Lipinski definition) is 2. The van der Waals surface area contributed by atoms with Crippen LogP contribution in [-0.2, 0) is 0 Å². The molecule has 94 valence electrons. The number of benzene rings is 1. The average molecular weight is 256 g/mol. The van der Waals surface area contributed by atoms with E-state index in [1.165, 1.54) is 0 Å². The predicted molar refractivity (Wildman–Crippen MR) is 69.2 cm³/mol. The smallest absolute Gasteiger partial charge is 0.252 e. The molecule has 0 saturated carbocycles. The van der Waals surface area contributed by atoms with E-state index in [0.717, 1.165) is 0 Å². The summed E-state index contributed by atoms with van der Waals surface area (Å²) in [6, 6.07) is 6.90. The Bertz CT molecular complexity index is 379. The first-order valence-corrected chi connectivity index (χ1v) is 6.11. The normalized spacial score (nSPS) is 12.5. The molecule has 0 saturated heterocycles. The standard InChI is InChI=1S/C13H18ClNO2/c1-9(2)12(16)7-8-15-13(17)10-5-3-4-6-11(10)14/h3-6,9,12,16H,7-8H2,1-2H3,(H,15,17). The van der Waals surface area contributed by atoms with Gasteiger partial charge in [0.25, 0.3) is 5.91 Å². The molecule has 0 aliphatic rings. The van der Waals surface area contributed by atoms with Gasteiger partial charge in [-0.3, -0.25) is 4.79 Å². The zero-order valence-electron chi connectivity index (χ0n) is 10.1. The molecule has 1 atom stereocenters. The summed E-state index contributed by atoms with van der Waals surface area (Å²) >= 11 is 5.90. The van der Waals surface area contributed by atoms with E-state index < -0.39 is 0 Å². The first-order valence-electron chi connectivity index (χ1n) is 5.73. The van der Waals surface area contributed by atoms with Gasteiger partial charge in [0, 0.05) is 6.54 Å². The van der Waals surface area contributed by atoms with Crippen molar-refractivity contribution < 1.29 is 9.90 Å². The minimum atomic E-state index is -0.387. The van der Waals surface area contributed by atoms with Crippen molar-refractivity contribution in [3.8, 4) is 0 Å². The highest BCUT2D eigenvalue weighted by Gasteiger charge is 2.11. The molecule has 1 amide bonds. The minimum Gasteiger partial charge on any atom is -0.393 e. The summed E-state index contributed by atoms with van der Waals surface area (Å²) in [6.45, 7) is 4.34. The lowest BCUT2D eigenvalue weighted by molar-refractivity contribution is 0.0920. The van der Waals surface area contributed by atoms with E-state index in [1.54, 1.807) is 24.3 Å². The molecule has 0 fully saturated rings. The van der Waals surface area contributed by atoms with E-state index in [9.17, 15) is 9.90 Å². The fourth-order valence-corrected chi connectivity index (χ4v) is 1.63. The van der Waals surface area contributed by atoms with Crippen LogP contribution in [0.4, 0.5) is 0 Å². The molecule has 2 N–H and O–H groups in total. The zero-order valence-corrected chi connectivity index (χ0v) is 10.9. The van der Waals surface area contributed by atoms with Crippen molar-refractivity contribution in [3.05, 3.63) is 34.9 Å². The number of hydrogen-bond donors (Lipinski definition) is 2. The second-order valence-corrected chi connectivity index (χ2v) is 4.74. The van der Waals surface area contributed by atoms with Gasteiger partial charge in [-0.25, -0.2) is 0 Å². The molecule has 1 unspecified atom stereocenters. The zero-order chi connectivity index (χ0) is 12.8. The van der Waals surface area contributed by atoms with Crippen LogP contribution in [0.5, 0.6) is 0 Å². The Morgan fingerprint density at radius 3 is 2.65 bits per heavy atom. The molecule has 17 heavy (non-hydrogen) atoms. The van der Waals surface area contributed by atoms with Gasteiger partial charge in [-0.15, -0.1) is 0 Å². The largest absolute Gasteiger partial charge is 0.393 e. The van der Waals surface area contributed by atoms with Crippen LogP contribution in [0.25, 0.3) is 0 Å². The van der Waals surface area contributed by atoms with Crippen molar-refractivity contribution in [1.82, 2.24) is 5.32 Å². The Morgan fingerprint density at radius 2 is 2.06 bits per heavy atom. The molecule has 0 aliphatic heterocycles. The second kappa shape index (κ2) is 6.62. The van der Waals surface area contributed by atoms with Crippen molar-refractivity contribution >= 4 is 17.5 Å². The van der Waals surface area contributed by atoms with Gasteiger partial charge in [-0.1, -0.05) is 37.6 Å². The molecule has 1 rings (SSSR count). The van der Waals surface area contributed by atoms with Crippen LogP contribution in [0.2, 0.25) is 5.02 Å². The summed E-state index contributed by atoms with van der Waals surface area (Å²) in [7, 11) is 0. The van der Waals surface area contributed by atoms with Gasteiger partial charge in [0.1, 0.15) is 0 Å². The predicted octanol–water partition coefficient (Wildman–Crippen LogP) is 2.48. The van der Waals surface area contributed by atoms with Crippen LogP contribution in [0, 0.1) is 5.92 Å². The van der Waals surface area contributed by atoms with E-state index in [2.05, 4.69) is 5.32 Å². The lowest BCUT2D eigenvalue weighted by atomic mass is 10.0. The quantitative estimate of drug-likeness (QED) is 0.849. The summed E-state index contributed by atoms with van der Waals surface area (Å²) in [5, 5.41) is 12.8. The van der Waals surface area contributed by atoms with Gasteiger partial charge >= 0.3 is 0 Å². The third-order valence-corrected chi connectivity index (χ3v) is 2.94. The number of carbonyl (C=O) groups is 1. The maximum absolute atomic E-state index is 11.7. The Kier molecular flexibility index (Phi) is 5.45. The van der Waals surface area contributed by atoms with Crippen LogP contribution in [-0.4, -0.2) is 23.7 Å². The lowest BCUT2D eigenvalue weighted by Crippen LogP contribution is -2.28. The van der Waals surface area contributed by atoms with Crippen LogP contribution >= 0.6 is 11.6 Å². The van der Waals surface area contributed by atoms with Crippen LogP contribution < -0.4 is 5.32 Å². The van der Waals surface area contributed by atoms with Gasteiger partial charge in [0.2, 0.25) is 0 Å². The fraction of sp³-hybridized carbons (Fsp3) is 0.462. The second-order valence-electron chi connectivity index (χ2n) is 4.34. The third kappa shape index (κ3) is 4.36. The number of aliphatic hydroxyl groups is 1. The van der Waals surface area contributed by atoms with Crippen molar-refractivity contribution in [2.75, 3.05) is 6.54 Å². The molecule has 0 aliphatic carbocycles. The highest BCUT2D eigenvalue weighted by atomic mass is 35.5. The van der Waals surface area contributed by atoms with E-state index in [-0.39, 0.29) is 17.9 Å². The van der Waals surface area contributed by atoms with Crippen LogP contribution in [0.1, 0.15) is 30.6 Å². The number of aliphatic hydroxyl groups excluding tert-OH is 1. The molecule has 3 nitrogen and oxygen atoms in total. The van der Waals surface area contributed by atoms with E-state index in [4.69, 9.17) is 11.6 Å². The first-order chi connectivity index (χ1) is 8.02. The number of nitrogens with one attached hydrogen (secondary N) is 1. The van der Waals surface area contributed by atoms with Crippen molar-refractivity contribution in [1.29, 1.82) is 0 Å². The van der Waals surface area contributed by atoms with Gasteiger partial charge in [-0.2, -0.15) is 0 Å². The molecule has 4 heteroatoms. The number of carbonyl (C=O) groups excluding carboxylic acids is 1. The number of amides is 1. The summed E-state index contributed by atoms with van der Waals surface area (Å²) in [5.41, 5.74) is 0.466. The maximum Gasteiger partial charge on any atom is 0.252 e. The van der Waals surface area contributed by atoms with Gasteiger partial charge < -0.3 is 10.4 Å². The van der Waals surface area contributed by atoms with E-state index >= 15 is 0 Å². The third-order valence-electron chi connectivity index (χ3n) is 2.61. The van der Waals surface area contributed by atoms with Crippen molar-refractivity contribution in [3.63, 3.8) is 0 Å². The first kappa shape index (κ1) is 14.0. The van der Waals surface area contributed by atoms with Gasteiger partial charge in [-0.05, 0) is 24.5 Å². The molecule has 1 aromatic carbocycles. The molecule has 0 heterocycles. The Labute approximate surface area is 107 Å². The van der Waals surface area contributed by atoms with Crippen molar-refractivity contribution in [2.45, 2.75) is 26.4 Å². The lowest BCUT2D eigenvalue weighted by Gasteiger charge is -2.14. The molecule has 0 bridgehead atoms. The highest BCUT2D eigenvalue weighted by Crippen LogP contribution is 2.14. The summed E-state index contributed by atoms with van der Waals surface area (Å²) in [4.78, 5) is 11.7. The monoisotopic (exact) mass is 255 g/mol. The SMILES string of the molecule is CC(C)C(O)CCNC(=O)c1ccccc1Cl. The van der Waals surface area contributed by atoms with E-state index in [1.807, 2.05) is 13.8 Å². The summed E-state index contributed by atoms with van der Waals surface area (Å²) in [6.07, 6.45) is 0.162. The van der Waals surface area contributed by atoms with Crippen LogP contribution in [0.3, 0.4) is 0 Å². The molecule has 0 radical (unpaired) electrons. The Morgan fingerprint density at radius 1 is 1.41 bits per heavy atom. The van der Waals surface area contributed by atoms with Gasteiger partial charge in [0.05, 0.1) is 16.7 Å². The molecule has 0 spiro atoms. The molecular formula is C13H18ClNO2. The van der Waals surface area contributed by atoms with Crippen molar-refractivity contribution in [2.24, 2.45) is 5.92 Å². The van der Waals surface area contributed by atoms with Gasteiger partial charge in [0.15, 0.2) is 0 Å². The number of halogens is 1. The minimum absolute atomic E-state index is 0.201. The van der Waals surface area contributed by atoms with Crippen LogP contribution in [0.15, 0.2) is 24.3 Å². The van der Waals surface area contributed by atoms with E-state index in [0.29, 0.717) is 23.6 Å². The average Bonchev–Trinajstić information content (AvgIpc) is 2.29. The number of rotatable bonds is 5. The molecule has 1 aromatic rings. The molecular weight excluding hydrogens is 238 g/mol. The summed E-state index contributed by atoms with van der Waals surface area (Å²) < 4.78 is 0. The maximum atomic E-state index is 11.7. The highest BCUT2D eigenvalue weighted by molar-refractivity contribution is 6.33. The fourth-order valence-electron chi connectivity index (χ4n) is 1.41. The summed E-state index contributed by atoms with van der Waals surface area (Å²) in [5.74, 6) is -0.00114. The molecule has 0 aromatic heterocycles. The Balaban J connectivity index is 2.43.